The zero-order valence-electron chi connectivity index (χ0n) is 38.7. The number of aliphatic hydroxyl groups excluding tert-OH is 1. The predicted molar refractivity (Wildman–Crippen MR) is 251 cm³/mol. The SMILES string of the molecule is CCCCCCCCCCCCCCCC(CCCCCCCCCCCCCCC)N(CCO)CCCCCCOC(=O)C(C)c1ccc2cc(OC)ccc2c1. The van der Waals surface area contributed by atoms with Gasteiger partial charge in [-0.15, -0.1) is 0 Å². The number of esters is 1. The summed E-state index contributed by atoms with van der Waals surface area (Å²) in [5.74, 6) is 0.398. The molecule has 0 spiro atoms. The summed E-state index contributed by atoms with van der Waals surface area (Å²) in [6.45, 7) is 9.11. The lowest BCUT2D eigenvalue weighted by Gasteiger charge is -2.32. The maximum absolute atomic E-state index is 12.9. The van der Waals surface area contributed by atoms with Crippen LogP contribution in [0.2, 0.25) is 0 Å². The molecular formula is C53H93NO4. The molecule has 2 aromatic rings. The molecule has 0 aliphatic carbocycles. The quantitative estimate of drug-likeness (QED) is 0.0536. The fraction of sp³-hybridized carbons (Fsp3) is 0.792. The van der Waals surface area contributed by atoms with E-state index in [0.717, 1.165) is 60.9 Å². The third-order valence-electron chi connectivity index (χ3n) is 12.7. The van der Waals surface area contributed by atoms with Crippen molar-refractivity contribution in [3.63, 3.8) is 0 Å². The van der Waals surface area contributed by atoms with E-state index in [-0.39, 0.29) is 18.5 Å². The Morgan fingerprint density at radius 3 is 1.47 bits per heavy atom. The first-order valence-electron chi connectivity index (χ1n) is 25.1. The molecule has 1 N–H and O–H groups in total. The minimum atomic E-state index is -0.291. The molecule has 5 heteroatoms. The molecule has 0 saturated heterocycles. The van der Waals surface area contributed by atoms with Gasteiger partial charge >= 0.3 is 5.97 Å². The number of benzene rings is 2. The van der Waals surface area contributed by atoms with E-state index in [0.29, 0.717) is 12.6 Å². The van der Waals surface area contributed by atoms with E-state index in [4.69, 9.17) is 9.47 Å². The van der Waals surface area contributed by atoms with Gasteiger partial charge in [0.1, 0.15) is 5.75 Å². The van der Waals surface area contributed by atoms with Crippen LogP contribution in [0.5, 0.6) is 5.75 Å². The van der Waals surface area contributed by atoms with Crippen molar-refractivity contribution in [2.75, 3.05) is 33.4 Å². The Labute approximate surface area is 359 Å². The minimum absolute atomic E-state index is 0.147. The molecule has 0 saturated carbocycles. The van der Waals surface area contributed by atoms with Crippen LogP contribution in [-0.4, -0.2) is 55.4 Å². The zero-order valence-corrected chi connectivity index (χ0v) is 38.7. The number of nitrogens with zero attached hydrogens (tertiary/aromatic N) is 1. The number of aliphatic hydroxyl groups is 1. The molecule has 1 atom stereocenters. The van der Waals surface area contributed by atoms with Crippen molar-refractivity contribution in [3.05, 3.63) is 42.0 Å². The normalized spacial score (nSPS) is 12.3. The number of fused-ring (bicyclic) bond motifs is 1. The topological polar surface area (TPSA) is 59.0 Å². The van der Waals surface area contributed by atoms with E-state index in [1.54, 1.807) is 7.11 Å². The van der Waals surface area contributed by atoms with Gasteiger partial charge < -0.3 is 14.6 Å². The molecule has 0 radical (unpaired) electrons. The maximum atomic E-state index is 12.9. The second-order valence-electron chi connectivity index (χ2n) is 17.8. The first kappa shape index (κ1) is 52.0. The average Bonchev–Trinajstić information content (AvgIpc) is 3.24. The highest BCUT2D eigenvalue weighted by Gasteiger charge is 2.19. The summed E-state index contributed by atoms with van der Waals surface area (Å²) < 4.78 is 11.1. The van der Waals surface area contributed by atoms with Crippen LogP contribution in [0.25, 0.3) is 10.8 Å². The van der Waals surface area contributed by atoms with Crippen LogP contribution in [0, 0.1) is 0 Å². The summed E-state index contributed by atoms with van der Waals surface area (Å²) in [7, 11) is 1.68. The van der Waals surface area contributed by atoms with E-state index in [9.17, 15) is 9.90 Å². The van der Waals surface area contributed by atoms with Crippen molar-refractivity contribution < 1.29 is 19.4 Å². The standard InChI is InChI=1S/C53H93NO4/c1-5-7-9-11-13-15-17-19-21-23-25-27-31-35-51(36-32-28-26-24-22-20-18-16-14-12-10-8-6-2)54(42-43-55)41-33-29-30-34-44-58-53(56)47(3)48-37-38-50-46-52(57-4)40-39-49(50)45-48/h37-40,45-47,51,55H,5-36,41-44H2,1-4H3. The molecule has 0 heterocycles. The van der Waals surface area contributed by atoms with Crippen LogP contribution >= 0.6 is 0 Å². The van der Waals surface area contributed by atoms with Gasteiger partial charge in [0.25, 0.3) is 0 Å². The summed E-state index contributed by atoms with van der Waals surface area (Å²) >= 11 is 0. The largest absolute Gasteiger partial charge is 0.497 e. The number of ether oxygens (including phenoxy) is 2. The van der Waals surface area contributed by atoms with Crippen molar-refractivity contribution in [2.24, 2.45) is 0 Å². The molecule has 0 aliphatic heterocycles. The highest BCUT2D eigenvalue weighted by Crippen LogP contribution is 2.26. The zero-order chi connectivity index (χ0) is 41.7. The molecule has 5 nitrogen and oxygen atoms in total. The van der Waals surface area contributed by atoms with Crippen molar-refractivity contribution in [1.82, 2.24) is 4.90 Å². The van der Waals surface area contributed by atoms with E-state index in [1.807, 2.05) is 31.2 Å². The molecule has 0 aromatic heterocycles. The smallest absolute Gasteiger partial charge is 0.313 e. The van der Waals surface area contributed by atoms with Gasteiger partial charge in [-0.3, -0.25) is 9.69 Å². The average molecular weight is 808 g/mol. The Morgan fingerprint density at radius 1 is 0.552 bits per heavy atom. The Kier molecular flexibility index (Phi) is 32.9. The fourth-order valence-electron chi connectivity index (χ4n) is 8.75. The number of hydrogen-bond donors (Lipinski definition) is 1. The Balaban J connectivity index is 1.70. The molecule has 2 rings (SSSR count). The summed E-state index contributed by atoms with van der Waals surface area (Å²) in [5, 5.41) is 12.3. The summed E-state index contributed by atoms with van der Waals surface area (Å²) in [6, 6.07) is 12.8. The summed E-state index contributed by atoms with van der Waals surface area (Å²) in [4.78, 5) is 15.5. The monoisotopic (exact) mass is 808 g/mol. The van der Waals surface area contributed by atoms with Gasteiger partial charge in [-0.05, 0) is 67.6 Å². The third-order valence-corrected chi connectivity index (χ3v) is 12.7. The molecule has 2 aromatic carbocycles. The van der Waals surface area contributed by atoms with Crippen molar-refractivity contribution in [3.8, 4) is 5.75 Å². The first-order chi connectivity index (χ1) is 28.5. The van der Waals surface area contributed by atoms with Gasteiger partial charge in [-0.2, -0.15) is 0 Å². The number of hydrogen-bond acceptors (Lipinski definition) is 5. The van der Waals surface area contributed by atoms with Crippen LogP contribution in [0.4, 0.5) is 0 Å². The van der Waals surface area contributed by atoms with Crippen LogP contribution in [0.1, 0.15) is 238 Å². The molecule has 334 valence electrons. The number of unbranched alkanes of at least 4 members (excludes halogenated alkanes) is 27. The van der Waals surface area contributed by atoms with Crippen LogP contribution < -0.4 is 4.74 Å². The molecule has 0 aliphatic rings. The highest BCUT2D eigenvalue weighted by atomic mass is 16.5. The van der Waals surface area contributed by atoms with Gasteiger partial charge in [0, 0.05) is 12.6 Å². The number of methoxy groups -OCH3 is 1. The molecule has 1 unspecified atom stereocenters. The van der Waals surface area contributed by atoms with Crippen LogP contribution in [-0.2, 0) is 9.53 Å². The molecule has 0 bridgehead atoms. The van der Waals surface area contributed by atoms with Crippen molar-refractivity contribution in [2.45, 2.75) is 238 Å². The minimum Gasteiger partial charge on any atom is -0.497 e. The highest BCUT2D eigenvalue weighted by molar-refractivity contribution is 5.86. The van der Waals surface area contributed by atoms with Crippen molar-refractivity contribution in [1.29, 1.82) is 0 Å². The third kappa shape index (κ3) is 25.5. The number of carbonyl (C=O) groups is 1. The van der Waals surface area contributed by atoms with E-state index in [2.05, 4.69) is 30.9 Å². The lowest BCUT2D eigenvalue weighted by Crippen LogP contribution is -2.38. The number of rotatable bonds is 41. The predicted octanol–water partition coefficient (Wildman–Crippen LogP) is 15.7. The number of carbonyl (C=O) groups excluding carboxylic acids is 1. The van der Waals surface area contributed by atoms with E-state index >= 15 is 0 Å². The Morgan fingerprint density at radius 2 is 0.983 bits per heavy atom. The lowest BCUT2D eigenvalue weighted by atomic mass is 9.97. The second kappa shape index (κ2) is 36.7. The fourth-order valence-corrected chi connectivity index (χ4v) is 8.75. The van der Waals surface area contributed by atoms with E-state index in [1.165, 1.54) is 180 Å². The van der Waals surface area contributed by atoms with Crippen LogP contribution in [0.15, 0.2) is 36.4 Å². The van der Waals surface area contributed by atoms with Gasteiger partial charge in [-0.1, -0.05) is 218 Å². The molecule has 0 fully saturated rings. The summed E-state index contributed by atoms with van der Waals surface area (Å²) in [6.07, 6.45) is 43.1. The van der Waals surface area contributed by atoms with Gasteiger partial charge in [0.15, 0.2) is 0 Å². The van der Waals surface area contributed by atoms with Gasteiger partial charge in [0.05, 0.1) is 26.2 Å². The maximum Gasteiger partial charge on any atom is 0.313 e. The van der Waals surface area contributed by atoms with Gasteiger partial charge in [-0.25, -0.2) is 0 Å². The van der Waals surface area contributed by atoms with Gasteiger partial charge in [0.2, 0.25) is 0 Å². The molecule has 0 amide bonds. The first-order valence-corrected chi connectivity index (χ1v) is 25.1. The lowest BCUT2D eigenvalue weighted by molar-refractivity contribution is -0.145. The molecular weight excluding hydrogens is 715 g/mol. The molecule has 58 heavy (non-hydrogen) atoms. The Bertz CT molecular complexity index is 1200. The van der Waals surface area contributed by atoms with Crippen LogP contribution in [0.3, 0.4) is 0 Å². The Hall–Kier alpha value is -2.11. The van der Waals surface area contributed by atoms with Crippen molar-refractivity contribution >= 4 is 16.7 Å². The van der Waals surface area contributed by atoms with E-state index < -0.39 is 0 Å². The summed E-state index contributed by atoms with van der Waals surface area (Å²) in [5.41, 5.74) is 0.985. The second-order valence-corrected chi connectivity index (χ2v) is 17.8.